The van der Waals surface area contributed by atoms with Gasteiger partial charge in [-0.1, -0.05) is 0 Å². The van der Waals surface area contributed by atoms with Crippen molar-refractivity contribution in [3.05, 3.63) is 0 Å². The molecule has 0 aliphatic carbocycles. The summed E-state index contributed by atoms with van der Waals surface area (Å²) in [6, 6.07) is 0. The van der Waals surface area contributed by atoms with Gasteiger partial charge in [0.25, 0.3) is 0 Å². The van der Waals surface area contributed by atoms with E-state index in [4.69, 9.17) is 10.2 Å². The Labute approximate surface area is 76.3 Å². The molecule has 0 radical (unpaired) electrons. The van der Waals surface area contributed by atoms with E-state index < -0.39 is 17.5 Å². The Balaban J connectivity index is 3.55. The van der Waals surface area contributed by atoms with Crippen molar-refractivity contribution in [2.24, 2.45) is 0 Å². The molecule has 0 amide bonds. The molecular formula is C8H14O5. The minimum atomic E-state index is -1.51. The first-order valence-corrected chi connectivity index (χ1v) is 3.95. The van der Waals surface area contributed by atoms with E-state index >= 15 is 0 Å². The highest BCUT2D eigenvalue weighted by molar-refractivity contribution is 5.78. The van der Waals surface area contributed by atoms with Gasteiger partial charge in [-0.15, -0.1) is 0 Å². The van der Waals surface area contributed by atoms with Crippen LogP contribution in [0, 0.1) is 0 Å². The molecule has 2 N–H and O–H groups in total. The maximum Gasteiger partial charge on any atom is 0.337 e. The summed E-state index contributed by atoms with van der Waals surface area (Å²) < 4.78 is 4.60. The van der Waals surface area contributed by atoms with Crippen LogP contribution in [0.1, 0.15) is 26.7 Å². The van der Waals surface area contributed by atoms with Gasteiger partial charge in [0.05, 0.1) is 6.61 Å². The second-order valence-corrected chi connectivity index (χ2v) is 3.19. The Morgan fingerprint density at radius 2 is 1.92 bits per heavy atom. The number of carboxylic acids is 1. The van der Waals surface area contributed by atoms with Crippen LogP contribution in [0.15, 0.2) is 0 Å². The average Bonchev–Trinajstić information content (AvgIpc) is 1.95. The third-order valence-electron chi connectivity index (χ3n) is 1.27. The number of carboxylic acid groups (broad SMARTS) is 1. The second-order valence-electron chi connectivity index (χ2n) is 3.19. The van der Waals surface area contributed by atoms with Crippen LogP contribution in [0.25, 0.3) is 0 Å². The minimum absolute atomic E-state index is 0.0229. The zero-order valence-electron chi connectivity index (χ0n) is 7.74. The molecule has 0 saturated heterocycles. The molecule has 0 rings (SSSR count). The number of carbonyl (C=O) groups excluding carboxylic acids is 1. The van der Waals surface area contributed by atoms with Gasteiger partial charge < -0.3 is 14.9 Å². The largest absolute Gasteiger partial charge is 0.481 e. The lowest BCUT2D eigenvalue weighted by Gasteiger charge is -2.14. The van der Waals surface area contributed by atoms with E-state index in [-0.39, 0.29) is 19.4 Å². The SMILES string of the molecule is CC(C)(O)C(=O)OCCCC(=O)O. The summed E-state index contributed by atoms with van der Waals surface area (Å²) in [5.74, 6) is -1.67. The zero-order valence-corrected chi connectivity index (χ0v) is 7.74. The summed E-state index contributed by atoms with van der Waals surface area (Å²) in [5, 5.41) is 17.4. The van der Waals surface area contributed by atoms with E-state index in [2.05, 4.69) is 4.74 Å². The smallest absolute Gasteiger partial charge is 0.337 e. The molecule has 13 heavy (non-hydrogen) atoms. The standard InChI is InChI=1S/C8H14O5/c1-8(2,12)7(11)13-5-3-4-6(9)10/h12H,3-5H2,1-2H3,(H,9,10). The van der Waals surface area contributed by atoms with E-state index in [1.807, 2.05) is 0 Å². The fraction of sp³-hybridized carbons (Fsp3) is 0.750. The highest BCUT2D eigenvalue weighted by Gasteiger charge is 2.25. The van der Waals surface area contributed by atoms with Crippen LogP contribution in [0.2, 0.25) is 0 Å². The lowest BCUT2D eigenvalue weighted by atomic mass is 10.1. The zero-order chi connectivity index (χ0) is 10.5. The summed E-state index contributed by atoms with van der Waals surface area (Å²) in [5.41, 5.74) is -1.51. The van der Waals surface area contributed by atoms with Gasteiger partial charge in [0, 0.05) is 6.42 Å². The molecule has 0 atom stereocenters. The van der Waals surface area contributed by atoms with Crippen molar-refractivity contribution < 1.29 is 24.5 Å². The molecule has 0 aromatic carbocycles. The van der Waals surface area contributed by atoms with Gasteiger partial charge in [-0.05, 0) is 20.3 Å². The Kier molecular flexibility index (Phi) is 4.40. The van der Waals surface area contributed by atoms with Crippen molar-refractivity contribution >= 4 is 11.9 Å². The summed E-state index contributed by atoms with van der Waals surface area (Å²) in [7, 11) is 0. The van der Waals surface area contributed by atoms with Gasteiger partial charge in [-0.3, -0.25) is 4.79 Å². The number of ether oxygens (including phenoxy) is 1. The quantitative estimate of drug-likeness (QED) is 0.476. The average molecular weight is 190 g/mol. The van der Waals surface area contributed by atoms with E-state index in [1.165, 1.54) is 13.8 Å². The number of aliphatic carboxylic acids is 1. The van der Waals surface area contributed by atoms with Gasteiger partial charge in [-0.25, -0.2) is 4.79 Å². The third kappa shape index (κ3) is 6.10. The van der Waals surface area contributed by atoms with E-state index in [0.717, 1.165) is 0 Å². The maximum absolute atomic E-state index is 10.9. The Hall–Kier alpha value is -1.10. The molecule has 0 saturated carbocycles. The lowest BCUT2D eigenvalue weighted by molar-refractivity contribution is -0.162. The summed E-state index contributed by atoms with van der Waals surface area (Å²) in [6.45, 7) is 2.65. The van der Waals surface area contributed by atoms with Crippen LogP contribution in [-0.2, 0) is 14.3 Å². The Morgan fingerprint density at radius 3 is 2.31 bits per heavy atom. The van der Waals surface area contributed by atoms with E-state index in [1.54, 1.807) is 0 Å². The first kappa shape index (κ1) is 11.9. The van der Waals surface area contributed by atoms with Crippen molar-refractivity contribution in [2.75, 3.05) is 6.61 Å². The third-order valence-corrected chi connectivity index (χ3v) is 1.27. The number of rotatable bonds is 5. The molecule has 5 heteroatoms. The fourth-order valence-corrected chi connectivity index (χ4v) is 0.565. The molecule has 0 spiro atoms. The van der Waals surface area contributed by atoms with Crippen molar-refractivity contribution in [2.45, 2.75) is 32.3 Å². The summed E-state index contributed by atoms with van der Waals surface area (Å²) >= 11 is 0. The topological polar surface area (TPSA) is 83.8 Å². The van der Waals surface area contributed by atoms with E-state index in [0.29, 0.717) is 0 Å². The molecule has 0 unspecified atom stereocenters. The molecule has 0 aliphatic rings. The fourth-order valence-electron chi connectivity index (χ4n) is 0.565. The molecule has 76 valence electrons. The molecular weight excluding hydrogens is 176 g/mol. The Bertz CT molecular complexity index is 191. The second kappa shape index (κ2) is 4.81. The number of carbonyl (C=O) groups is 2. The minimum Gasteiger partial charge on any atom is -0.481 e. The maximum atomic E-state index is 10.9. The monoisotopic (exact) mass is 190 g/mol. The highest BCUT2D eigenvalue weighted by Crippen LogP contribution is 2.04. The Morgan fingerprint density at radius 1 is 1.38 bits per heavy atom. The lowest BCUT2D eigenvalue weighted by Crippen LogP contribution is -2.33. The molecule has 0 aliphatic heterocycles. The first-order valence-electron chi connectivity index (χ1n) is 3.95. The van der Waals surface area contributed by atoms with Crippen LogP contribution in [0.4, 0.5) is 0 Å². The molecule has 0 aromatic heterocycles. The van der Waals surface area contributed by atoms with Crippen molar-refractivity contribution in [1.29, 1.82) is 0 Å². The molecule has 0 fully saturated rings. The molecule has 0 aromatic rings. The van der Waals surface area contributed by atoms with Crippen LogP contribution in [-0.4, -0.2) is 34.4 Å². The number of aliphatic hydroxyl groups is 1. The molecule has 5 nitrogen and oxygen atoms in total. The molecule has 0 heterocycles. The van der Waals surface area contributed by atoms with Gasteiger partial charge in [0.2, 0.25) is 0 Å². The predicted octanol–water partition coefficient (Wildman–Crippen LogP) is 0.165. The van der Waals surface area contributed by atoms with Crippen LogP contribution >= 0.6 is 0 Å². The van der Waals surface area contributed by atoms with Crippen molar-refractivity contribution in [3.8, 4) is 0 Å². The number of esters is 1. The number of hydrogen-bond acceptors (Lipinski definition) is 4. The van der Waals surface area contributed by atoms with Crippen LogP contribution < -0.4 is 0 Å². The van der Waals surface area contributed by atoms with Gasteiger partial charge in [0.1, 0.15) is 0 Å². The van der Waals surface area contributed by atoms with Gasteiger partial charge in [0.15, 0.2) is 5.60 Å². The normalized spacial score (nSPS) is 11.0. The first-order chi connectivity index (χ1) is 5.84. The van der Waals surface area contributed by atoms with Crippen molar-refractivity contribution in [3.63, 3.8) is 0 Å². The number of hydrogen-bond donors (Lipinski definition) is 2. The van der Waals surface area contributed by atoms with Crippen LogP contribution in [0.3, 0.4) is 0 Å². The van der Waals surface area contributed by atoms with Gasteiger partial charge in [-0.2, -0.15) is 0 Å². The van der Waals surface area contributed by atoms with E-state index in [9.17, 15) is 9.59 Å². The summed E-state index contributed by atoms with van der Waals surface area (Å²) in [4.78, 5) is 20.9. The molecule has 0 bridgehead atoms. The predicted molar refractivity (Wildman–Crippen MR) is 44.1 cm³/mol. The highest BCUT2D eigenvalue weighted by atomic mass is 16.5. The van der Waals surface area contributed by atoms with Crippen molar-refractivity contribution in [1.82, 2.24) is 0 Å². The van der Waals surface area contributed by atoms with Gasteiger partial charge >= 0.3 is 11.9 Å². The summed E-state index contributed by atoms with van der Waals surface area (Å²) in [6.07, 6.45) is 0.219. The van der Waals surface area contributed by atoms with Crippen LogP contribution in [0.5, 0.6) is 0 Å².